The van der Waals surface area contributed by atoms with Crippen molar-refractivity contribution in [3.05, 3.63) is 71.3 Å². The number of rotatable bonds is 4. The molecule has 1 heterocycles. The van der Waals surface area contributed by atoms with Crippen LogP contribution in [0.1, 0.15) is 23.7 Å². The van der Waals surface area contributed by atoms with Crippen molar-refractivity contribution in [3.8, 4) is 5.75 Å². The van der Waals surface area contributed by atoms with Crippen LogP contribution in [0, 0.1) is 0 Å². The molecule has 0 bridgehead atoms. The molecule has 1 aliphatic heterocycles. The van der Waals surface area contributed by atoms with E-state index in [0.29, 0.717) is 17.8 Å². The number of benzene rings is 2. The molecule has 4 heteroatoms. The SMILES string of the molecule is COC(=O)C1=C(c2ccccc2)OC(c2ccc(OC)cc2)C1. The second-order valence-electron chi connectivity index (χ2n) is 5.25. The van der Waals surface area contributed by atoms with Crippen LogP contribution in [0.15, 0.2) is 60.2 Å². The van der Waals surface area contributed by atoms with Crippen LogP contribution in [0.5, 0.6) is 5.75 Å². The summed E-state index contributed by atoms with van der Waals surface area (Å²) in [6, 6.07) is 17.3. The summed E-state index contributed by atoms with van der Waals surface area (Å²) in [5.41, 5.74) is 2.45. The van der Waals surface area contributed by atoms with Gasteiger partial charge in [0.1, 0.15) is 17.6 Å². The van der Waals surface area contributed by atoms with Gasteiger partial charge in [-0.15, -0.1) is 0 Å². The van der Waals surface area contributed by atoms with E-state index in [1.54, 1.807) is 7.11 Å². The molecule has 0 saturated heterocycles. The lowest BCUT2D eigenvalue weighted by molar-refractivity contribution is -0.136. The average molecular weight is 310 g/mol. The minimum Gasteiger partial charge on any atom is -0.497 e. The number of methoxy groups -OCH3 is 2. The van der Waals surface area contributed by atoms with Gasteiger partial charge in [0.2, 0.25) is 0 Å². The molecule has 23 heavy (non-hydrogen) atoms. The van der Waals surface area contributed by atoms with Crippen molar-refractivity contribution in [1.29, 1.82) is 0 Å². The monoisotopic (exact) mass is 310 g/mol. The lowest BCUT2D eigenvalue weighted by Crippen LogP contribution is -2.05. The number of esters is 1. The van der Waals surface area contributed by atoms with E-state index < -0.39 is 0 Å². The first-order valence-electron chi connectivity index (χ1n) is 7.40. The Bertz CT molecular complexity index is 717. The smallest absolute Gasteiger partial charge is 0.337 e. The Morgan fingerprint density at radius 2 is 1.74 bits per heavy atom. The van der Waals surface area contributed by atoms with E-state index >= 15 is 0 Å². The zero-order valence-corrected chi connectivity index (χ0v) is 13.1. The molecule has 1 atom stereocenters. The van der Waals surface area contributed by atoms with Crippen LogP contribution < -0.4 is 4.74 Å². The van der Waals surface area contributed by atoms with Crippen molar-refractivity contribution in [3.63, 3.8) is 0 Å². The van der Waals surface area contributed by atoms with Gasteiger partial charge in [0, 0.05) is 12.0 Å². The van der Waals surface area contributed by atoms with Crippen LogP contribution in [0.4, 0.5) is 0 Å². The molecule has 0 fully saturated rings. The van der Waals surface area contributed by atoms with Gasteiger partial charge in [0.15, 0.2) is 0 Å². The number of hydrogen-bond donors (Lipinski definition) is 0. The first kappa shape index (κ1) is 15.2. The predicted octanol–water partition coefficient (Wildman–Crippen LogP) is 3.74. The van der Waals surface area contributed by atoms with Crippen molar-refractivity contribution in [2.75, 3.05) is 14.2 Å². The minimum absolute atomic E-state index is 0.204. The highest BCUT2D eigenvalue weighted by atomic mass is 16.5. The number of ether oxygens (including phenoxy) is 3. The fraction of sp³-hybridized carbons (Fsp3) is 0.211. The maximum absolute atomic E-state index is 12.1. The van der Waals surface area contributed by atoms with Crippen molar-refractivity contribution in [2.45, 2.75) is 12.5 Å². The Morgan fingerprint density at radius 3 is 2.35 bits per heavy atom. The Hall–Kier alpha value is -2.75. The van der Waals surface area contributed by atoms with Crippen LogP contribution >= 0.6 is 0 Å². The van der Waals surface area contributed by atoms with E-state index in [9.17, 15) is 4.79 Å². The third kappa shape index (κ3) is 3.06. The molecule has 1 unspecified atom stereocenters. The van der Waals surface area contributed by atoms with Crippen LogP contribution in [0.25, 0.3) is 5.76 Å². The Labute approximate surface area is 135 Å². The molecule has 0 N–H and O–H groups in total. The van der Waals surface area contributed by atoms with Crippen molar-refractivity contribution < 1.29 is 19.0 Å². The molecular formula is C19H18O4. The largest absolute Gasteiger partial charge is 0.497 e. The van der Waals surface area contributed by atoms with Crippen LogP contribution in [-0.2, 0) is 14.3 Å². The normalized spacial score (nSPS) is 16.9. The van der Waals surface area contributed by atoms with Crippen LogP contribution in [0.2, 0.25) is 0 Å². The molecule has 2 aromatic carbocycles. The first-order valence-corrected chi connectivity index (χ1v) is 7.40. The van der Waals surface area contributed by atoms with Gasteiger partial charge in [0.25, 0.3) is 0 Å². The summed E-state index contributed by atoms with van der Waals surface area (Å²) in [6.07, 6.45) is 0.286. The molecule has 0 aromatic heterocycles. The summed E-state index contributed by atoms with van der Waals surface area (Å²) < 4.78 is 16.2. The fourth-order valence-corrected chi connectivity index (χ4v) is 2.67. The maximum Gasteiger partial charge on any atom is 0.337 e. The maximum atomic E-state index is 12.1. The molecule has 1 aliphatic rings. The van der Waals surface area contributed by atoms with Crippen LogP contribution in [0.3, 0.4) is 0 Å². The summed E-state index contributed by atoms with van der Waals surface area (Å²) in [7, 11) is 3.02. The zero-order valence-electron chi connectivity index (χ0n) is 13.1. The topological polar surface area (TPSA) is 44.8 Å². The minimum atomic E-state index is -0.347. The van der Waals surface area contributed by atoms with Gasteiger partial charge in [-0.2, -0.15) is 0 Å². The highest BCUT2D eigenvalue weighted by Gasteiger charge is 2.32. The summed E-state index contributed by atoms with van der Waals surface area (Å²) in [4.78, 5) is 12.1. The molecule has 4 nitrogen and oxygen atoms in total. The van der Waals surface area contributed by atoms with Crippen LogP contribution in [-0.4, -0.2) is 20.2 Å². The van der Waals surface area contributed by atoms with Gasteiger partial charge in [0.05, 0.1) is 19.8 Å². The van der Waals surface area contributed by atoms with Crippen molar-refractivity contribution in [1.82, 2.24) is 0 Å². The molecule has 0 aliphatic carbocycles. The van der Waals surface area contributed by atoms with Gasteiger partial charge in [-0.3, -0.25) is 0 Å². The zero-order chi connectivity index (χ0) is 16.2. The van der Waals surface area contributed by atoms with Gasteiger partial charge in [-0.25, -0.2) is 4.79 Å². The molecule has 0 amide bonds. The van der Waals surface area contributed by atoms with Gasteiger partial charge < -0.3 is 14.2 Å². The highest BCUT2D eigenvalue weighted by Crippen LogP contribution is 2.41. The third-order valence-corrected chi connectivity index (χ3v) is 3.88. The number of hydrogen-bond acceptors (Lipinski definition) is 4. The highest BCUT2D eigenvalue weighted by molar-refractivity contribution is 5.97. The Kier molecular flexibility index (Phi) is 4.33. The third-order valence-electron chi connectivity index (χ3n) is 3.88. The molecular weight excluding hydrogens is 292 g/mol. The standard InChI is InChI=1S/C19H18O4/c1-21-15-10-8-13(9-11-15)17-12-16(19(20)22-2)18(23-17)14-6-4-3-5-7-14/h3-11,17H,12H2,1-2H3. The Balaban J connectivity index is 1.91. The molecule has 2 aromatic rings. The van der Waals surface area contributed by atoms with Gasteiger partial charge in [-0.05, 0) is 17.7 Å². The average Bonchev–Trinajstić information content (AvgIpc) is 3.07. The van der Waals surface area contributed by atoms with E-state index in [1.807, 2.05) is 54.6 Å². The van der Waals surface area contributed by atoms with E-state index in [4.69, 9.17) is 14.2 Å². The lowest BCUT2D eigenvalue weighted by atomic mass is 10.0. The van der Waals surface area contributed by atoms with Gasteiger partial charge in [-0.1, -0.05) is 42.5 Å². The van der Waals surface area contributed by atoms with E-state index in [-0.39, 0.29) is 12.1 Å². The van der Waals surface area contributed by atoms with E-state index in [2.05, 4.69) is 0 Å². The summed E-state index contributed by atoms with van der Waals surface area (Å²) in [5, 5.41) is 0. The van der Waals surface area contributed by atoms with E-state index in [0.717, 1.165) is 16.9 Å². The molecule has 0 radical (unpaired) electrons. The van der Waals surface area contributed by atoms with Crippen molar-refractivity contribution in [2.24, 2.45) is 0 Å². The van der Waals surface area contributed by atoms with E-state index in [1.165, 1.54) is 7.11 Å². The quantitative estimate of drug-likeness (QED) is 0.807. The molecule has 0 saturated carbocycles. The fourth-order valence-electron chi connectivity index (χ4n) is 2.67. The number of carbonyl (C=O) groups excluding carboxylic acids is 1. The summed E-state index contributed by atoms with van der Waals surface area (Å²) in [6.45, 7) is 0. The van der Waals surface area contributed by atoms with Gasteiger partial charge >= 0.3 is 5.97 Å². The second-order valence-corrected chi connectivity index (χ2v) is 5.25. The molecule has 3 rings (SSSR count). The lowest BCUT2D eigenvalue weighted by Gasteiger charge is -2.14. The van der Waals surface area contributed by atoms with Crippen molar-refractivity contribution >= 4 is 11.7 Å². The second kappa shape index (κ2) is 6.57. The number of carbonyl (C=O) groups is 1. The first-order chi connectivity index (χ1) is 11.2. The summed E-state index contributed by atoms with van der Waals surface area (Å²) in [5.74, 6) is 1.04. The Morgan fingerprint density at radius 1 is 1.04 bits per heavy atom. The predicted molar refractivity (Wildman–Crippen MR) is 86.8 cm³/mol. The summed E-state index contributed by atoms with van der Waals surface area (Å²) >= 11 is 0. The molecule has 0 spiro atoms. The molecule has 118 valence electrons.